The first-order valence-electron chi connectivity index (χ1n) is 8.39. The van der Waals surface area contributed by atoms with Crippen LogP contribution in [0, 0.1) is 5.92 Å². The lowest BCUT2D eigenvalue weighted by Gasteiger charge is -2.58. The Morgan fingerprint density at radius 1 is 1.27 bits per heavy atom. The van der Waals surface area contributed by atoms with Crippen molar-refractivity contribution in [3.63, 3.8) is 0 Å². The zero-order chi connectivity index (χ0) is 15.3. The second-order valence-corrected chi connectivity index (χ2v) is 7.21. The molecule has 4 rings (SSSR count). The fourth-order valence-electron chi connectivity index (χ4n) is 5.35. The Hall–Kier alpha value is -1.16. The Morgan fingerprint density at radius 3 is 2.95 bits per heavy atom. The van der Waals surface area contributed by atoms with Crippen molar-refractivity contribution in [3.05, 3.63) is 29.3 Å². The Labute approximate surface area is 130 Å². The number of likely N-dealkylation sites (tertiary alicyclic amines) is 1. The van der Waals surface area contributed by atoms with Gasteiger partial charge in [0, 0.05) is 11.5 Å². The molecule has 1 saturated heterocycles. The molecule has 1 aromatic rings. The van der Waals surface area contributed by atoms with Gasteiger partial charge in [-0.15, -0.1) is 0 Å². The molecule has 2 nitrogen and oxygen atoms in total. The minimum absolute atomic E-state index is 0.199. The maximum absolute atomic E-state index is 12.6. The molecule has 0 radical (unpaired) electrons. The molecule has 0 spiro atoms. The first kappa shape index (κ1) is 14.4. The summed E-state index contributed by atoms with van der Waals surface area (Å²) in [6, 6.07) is 6.26. The monoisotopic (exact) mass is 307 g/mol. The van der Waals surface area contributed by atoms with E-state index in [-0.39, 0.29) is 5.41 Å². The third kappa shape index (κ3) is 2.07. The molecule has 0 N–H and O–H groups in total. The topological polar surface area (TPSA) is 12.5 Å². The summed E-state index contributed by atoms with van der Waals surface area (Å²) in [5.41, 5.74) is 2.85. The minimum atomic E-state index is -2.74. The van der Waals surface area contributed by atoms with E-state index in [0.717, 1.165) is 19.4 Å². The van der Waals surface area contributed by atoms with Crippen LogP contribution >= 0.6 is 0 Å². The molecule has 2 aliphatic carbocycles. The molecule has 2 bridgehead atoms. The van der Waals surface area contributed by atoms with E-state index in [9.17, 15) is 8.78 Å². The minimum Gasteiger partial charge on any atom is -0.435 e. The zero-order valence-electron chi connectivity index (χ0n) is 13.0. The molecular weight excluding hydrogens is 284 g/mol. The van der Waals surface area contributed by atoms with Crippen molar-refractivity contribution in [2.24, 2.45) is 5.92 Å². The summed E-state index contributed by atoms with van der Waals surface area (Å²) in [5.74, 6) is 0.999. The Morgan fingerprint density at radius 2 is 2.14 bits per heavy atom. The molecule has 1 aliphatic heterocycles. The number of rotatable bonds is 2. The van der Waals surface area contributed by atoms with Gasteiger partial charge in [-0.05, 0) is 68.5 Å². The van der Waals surface area contributed by atoms with Gasteiger partial charge in [0.15, 0.2) is 0 Å². The van der Waals surface area contributed by atoms with Crippen molar-refractivity contribution in [1.82, 2.24) is 4.90 Å². The average molecular weight is 307 g/mol. The summed E-state index contributed by atoms with van der Waals surface area (Å²) < 4.78 is 29.8. The Bertz CT molecular complexity index is 576. The van der Waals surface area contributed by atoms with Crippen molar-refractivity contribution >= 4 is 0 Å². The second kappa shape index (κ2) is 5.19. The predicted octanol–water partition coefficient (Wildman–Crippen LogP) is 3.98. The second-order valence-electron chi connectivity index (χ2n) is 7.21. The highest BCUT2D eigenvalue weighted by molar-refractivity contribution is 5.45. The van der Waals surface area contributed by atoms with Crippen molar-refractivity contribution in [2.45, 2.75) is 56.6 Å². The lowest BCUT2D eigenvalue weighted by Crippen LogP contribution is -2.59. The van der Waals surface area contributed by atoms with Gasteiger partial charge in [-0.25, -0.2) is 0 Å². The maximum Gasteiger partial charge on any atom is 0.387 e. The summed E-state index contributed by atoms with van der Waals surface area (Å²) in [4.78, 5) is 2.51. The van der Waals surface area contributed by atoms with Crippen molar-refractivity contribution < 1.29 is 13.5 Å². The van der Waals surface area contributed by atoms with Crippen LogP contribution in [0.5, 0.6) is 5.75 Å². The van der Waals surface area contributed by atoms with Gasteiger partial charge in [-0.3, -0.25) is 0 Å². The van der Waals surface area contributed by atoms with E-state index >= 15 is 0 Å². The van der Waals surface area contributed by atoms with E-state index in [1.54, 1.807) is 6.07 Å². The first-order chi connectivity index (χ1) is 10.6. The maximum atomic E-state index is 12.6. The van der Waals surface area contributed by atoms with Crippen LogP contribution in [0.4, 0.5) is 8.78 Å². The Kier molecular flexibility index (Phi) is 3.40. The lowest BCUT2D eigenvalue weighted by atomic mass is 9.52. The number of hydrogen-bond acceptors (Lipinski definition) is 2. The van der Waals surface area contributed by atoms with E-state index < -0.39 is 6.61 Å². The summed E-state index contributed by atoms with van der Waals surface area (Å²) in [7, 11) is 2.24. The van der Waals surface area contributed by atoms with Crippen LogP contribution in [-0.2, 0) is 11.8 Å². The highest BCUT2D eigenvalue weighted by Crippen LogP contribution is 2.55. The number of ether oxygens (including phenoxy) is 1. The largest absolute Gasteiger partial charge is 0.435 e. The third-order valence-corrected chi connectivity index (χ3v) is 6.31. The highest BCUT2D eigenvalue weighted by Gasteiger charge is 2.53. The number of piperidine rings is 1. The van der Waals surface area contributed by atoms with Gasteiger partial charge >= 0.3 is 6.61 Å². The number of alkyl halides is 2. The number of nitrogens with zero attached hydrogens (tertiary/aromatic N) is 1. The molecule has 1 aromatic carbocycles. The highest BCUT2D eigenvalue weighted by atomic mass is 19.3. The van der Waals surface area contributed by atoms with Crippen LogP contribution in [0.25, 0.3) is 0 Å². The summed E-state index contributed by atoms with van der Waals surface area (Å²) in [5, 5.41) is 0. The van der Waals surface area contributed by atoms with Gasteiger partial charge in [0.25, 0.3) is 0 Å². The van der Waals surface area contributed by atoms with Gasteiger partial charge in [-0.2, -0.15) is 8.78 Å². The fraction of sp³-hybridized carbons (Fsp3) is 0.667. The SMILES string of the molecule is CN1CC[C@]23CCCC[C@H]2[C@H]1Cc1ccc(OC(F)F)cc13. The molecule has 120 valence electrons. The molecule has 2 fully saturated rings. The number of benzene rings is 1. The Balaban J connectivity index is 1.80. The standard InChI is InChI=1S/C18H23F2NO/c1-21-9-8-18-7-3-2-4-14(18)16(21)10-12-5-6-13(11-15(12)18)22-17(19)20/h5-6,11,14,16-17H,2-4,7-10H2,1H3/t14-,16+,18+/m0/s1. The number of likely N-dealkylation sites (N-methyl/N-ethyl adjacent to an activating group) is 1. The fourth-order valence-corrected chi connectivity index (χ4v) is 5.35. The van der Waals surface area contributed by atoms with Gasteiger partial charge < -0.3 is 9.64 Å². The smallest absolute Gasteiger partial charge is 0.387 e. The molecule has 0 amide bonds. The molecule has 0 unspecified atom stereocenters. The van der Waals surface area contributed by atoms with E-state index in [0.29, 0.717) is 17.7 Å². The van der Waals surface area contributed by atoms with Gasteiger partial charge in [0.05, 0.1) is 0 Å². The van der Waals surface area contributed by atoms with Crippen LogP contribution in [0.3, 0.4) is 0 Å². The van der Waals surface area contributed by atoms with E-state index in [2.05, 4.69) is 16.7 Å². The van der Waals surface area contributed by atoms with Gasteiger partial charge in [0.2, 0.25) is 0 Å². The van der Waals surface area contributed by atoms with Crippen LogP contribution in [0.2, 0.25) is 0 Å². The lowest BCUT2D eigenvalue weighted by molar-refractivity contribution is -0.0503. The molecule has 1 saturated carbocycles. The van der Waals surface area contributed by atoms with Crippen molar-refractivity contribution in [2.75, 3.05) is 13.6 Å². The molecule has 22 heavy (non-hydrogen) atoms. The quantitative estimate of drug-likeness (QED) is 0.819. The molecule has 3 aliphatic rings. The number of halogens is 2. The predicted molar refractivity (Wildman–Crippen MR) is 81.4 cm³/mol. The summed E-state index contributed by atoms with van der Waals surface area (Å²) in [6.45, 7) is -1.63. The third-order valence-electron chi connectivity index (χ3n) is 6.31. The van der Waals surface area contributed by atoms with E-state index in [1.165, 1.54) is 36.8 Å². The molecule has 0 aromatic heterocycles. The number of hydrogen-bond donors (Lipinski definition) is 0. The van der Waals surface area contributed by atoms with E-state index in [4.69, 9.17) is 0 Å². The normalized spacial score (nSPS) is 34.2. The summed E-state index contributed by atoms with van der Waals surface area (Å²) >= 11 is 0. The van der Waals surface area contributed by atoms with Crippen molar-refractivity contribution in [3.8, 4) is 5.75 Å². The van der Waals surface area contributed by atoms with Crippen LogP contribution < -0.4 is 4.74 Å². The van der Waals surface area contributed by atoms with E-state index in [1.807, 2.05) is 12.1 Å². The molecule has 3 atom stereocenters. The van der Waals surface area contributed by atoms with Gasteiger partial charge in [-0.1, -0.05) is 18.9 Å². The van der Waals surface area contributed by atoms with Crippen LogP contribution in [0.15, 0.2) is 18.2 Å². The average Bonchev–Trinajstić information content (AvgIpc) is 2.51. The first-order valence-corrected chi connectivity index (χ1v) is 8.39. The molecular formula is C18H23F2NO. The molecule has 1 heterocycles. The molecule has 4 heteroatoms. The number of fused-ring (bicyclic) bond motifs is 1. The van der Waals surface area contributed by atoms with Crippen LogP contribution in [0.1, 0.15) is 43.2 Å². The van der Waals surface area contributed by atoms with Crippen molar-refractivity contribution in [1.29, 1.82) is 0 Å². The van der Waals surface area contributed by atoms with Gasteiger partial charge in [0.1, 0.15) is 5.75 Å². The summed E-state index contributed by atoms with van der Waals surface area (Å²) in [6.07, 6.45) is 7.23. The zero-order valence-corrected chi connectivity index (χ0v) is 13.0. The van der Waals surface area contributed by atoms with Crippen LogP contribution in [-0.4, -0.2) is 31.1 Å².